The van der Waals surface area contributed by atoms with E-state index in [1.807, 2.05) is 94.4 Å². The van der Waals surface area contributed by atoms with Gasteiger partial charge in [-0.2, -0.15) is 0 Å². The van der Waals surface area contributed by atoms with E-state index in [0.29, 0.717) is 38.8 Å². The number of ether oxygens (including phenoxy) is 8. The highest BCUT2D eigenvalue weighted by Crippen LogP contribution is 2.40. The third-order valence-electron chi connectivity index (χ3n) is 16.3. The molecule has 0 amide bonds. The molecule has 4 aliphatic rings. The van der Waals surface area contributed by atoms with Crippen molar-refractivity contribution in [1.29, 1.82) is 0 Å². The van der Waals surface area contributed by atoms with Crippen molar-refractivity contribution in [2.75, 3.05) is 74.4 Å². The number of hydrogen-bond acceptors (Lipinski definition) is 17. The smallest absolute Gasteiger partial charge is 0.312 e. The second-order valence-electron chi connectivity index (χ2n) is 22.9. The number of morpholine rings is 1. The van der Waals surface area contributed by atoms with Gasteiger partial charge in [0.25, 0.3) is 0 Å². The third-order valence-corrected chi connectivity index (χ3v) is 17.9. The van der Waals surface area contributed by atoms with E-state index in [0.717, 1.165) is 50.5 Å². The van der Waals surface area contributed by atoms with Crippen molar-refractivity contribution in [2.24, 2.45) is 17.8 Å². The predicted molar refractivity (Wildman–Crippen MR) is 285 cm³/mol. The van der Waals surface area contributed by atoms with Crippen LogP contribution in [-0.4, -0.2) is 201 Å². The largest absolute Gasteiger partial charge is 0.448 e. The molecule has 2 aromatic rings. The van der Waals surface area contributed by atoms with Gasteiger partial charge in [0.05, 0.1) is 60.4 Å². The van der Waals surface area contributed by atoms with Crippen molar-refractivity contribution in [3.63, 3.8) is 0 Å². The lowest BCUT2D eigenvalue weighted by atomic mass is 9.77. The number of halogens is 2. The van der Waals surface area contributed by atoms with Gasteiger partial charge in [-0.15, -0.1) is 5.10 Å². The highest BCUT2D eigenvalue weighted by atomic mass is 127. The number of benzene rings is 1. The number of methoxy groups -OCH3 is 2. The molecule has 0 bridgehead atoms. The highest BCUT2D eigenvalue weighted by Gasteiger charge is 2.51. The molecule has 4 fully saturated rings. The zero-order chi connectivity index (χ0) is 54.3. The molecule has 0 radical (unpaired) electrons. The highest BCUT2D eigenvalue weighted by molar-refractivity contribution is 14.1. The number of carbonyl (C=O) groups excluding carboxylic acids is 1. The van der Waals surface area contributed by atoms with Crippen molar-refractivity contribution in [2.45, 2.75) is 196 Å². The van der Waals surface area contributed by atoms with E-state index >= 15 is 0 Å². The van der Waals surface area contributed by atoms with Crippen LogP contribution in [0.5, 0.6) is 0 Å². The maximum Gasteiger partial charge on any atom is 0.312 e. The van der Waals surface area contributed by atoms with Gasteiger partial charge in [-0.05, 0) is 115 Å². The van der Waals surface area contributed by atoms with E-state index in [2.05, 4.69) is 39.3 Å². The number of carbonyl (C=O) groups is 1. The van der Waals surface area contributed by atoms with E-state index < -0.39 is 94.5 Å². The minimum absolute atomic E-state index is 0.0163. The number of aliphatic hydroxyl groups excluding tert-OH is 1. The van der Waals surface area contributed by atoms with Crippen molar-refractivity contribution < 1.29 is 62.4 Å². The van der Waals surface area contributed by atoms with Gasteiger partial charge in [0.1, 0.15) is 30.5 Å². The molecule has 1 aromatic carbocycles. The van der Waals surface area contributed by atoms with E-state index in [-0.39, 0.29) is 30.6 Å². The average Bonchev–Trinajstić information content (AvgIpc) is 3.83. The van der Waals surface area contributed by atoms with Gasteiger partial charge in [0.2, 0.25) is 0 Å². The molecule has 0 spiro atoms. The fourth-order valence-electron chi connectivity index (χ4n) is 11.8. The van der Waals surface area contributed by atoms with Crippen LogP contribution in [0.4, 0.5) is 4.39 Å². The average molecular weight is 1160 g/mol. The number of alkyl halides is 2. The molecule has 4 aliphatic heterocycles. The van der Waals surface area contributed by atoms with E-state index in [4.69, 9.17) is 37.9 Å². The fraction of sp³-hybridized carbons (Fsp3) is 0.833. The monoisotopic (exact) mass is 1160 g/mol. The van der Waals surface area contributed by atoms with E-state index in [9.17, 15) is 24.5 Å². The van der Waals surface area contributed by atoms with Gasteiger partial charge < -0.3 is 63.0 Å². The summed E-state index contributed by atoms with van der Waals surface area (Å²) >= 11 is 1.87. The number of rotatable bonds is 16. The Hall–Kier alpha value is -2.03. The zero-order valence-corrected chi connectivity index (χ0v) is 48.6. The van der Waals surface area contributed by atoms with Crippen LogP contribution in [0, 0.1) is 17.8 Å². The normalized spacial score (nSPS) is 38.7. The van der Waals surface area contributed by atoms with Crippen LogP contribution in [0.2, 0.25) is 0 Å². The van der Waals surface area contributed by atoms with Crippen molar-refractivity contribution in [3.05, 3.63) is 47.3 Å². The van der Waals surface area contributed by atoms with Crippen molar-refractivity contribution in [3.8, 4) is 0 Å². The molecule has 6 rings (SSSR count). The lowest BCUT2D eigenvalue weighted by Crippen LogP contribution is -2.57. The van der Waals surface area contributed by atoms with Crippen LogP contribution in [0.1, 0.15) is 123 Å². The topological polar surface area (TPSA) is 192 Å². The number of esters is 1. The number of aliphatic hydroxyl groups is 3. The van der Waals surface area contributed by atoms with Crippen LogP contribution in [0.3, 0.4) is 0 Å². The summed E-state index contributed by atoms with van der Waals surface area (Å²) in [5.41, 5.74) is -1.09. The summed E-state index contributed by atoms with van der Waals surface area (Å²) < 4.78 is 65.7. The van der Waals surface area contributed by atoms with Gasteiger partial charge in [0, 0.05) is 96.8 Å². The van der Waals surface area contributed by atoms with Crippen LogP contribution < -0.4 is 0 Å². The molecule has 422 valence electrons. The summed E-state index contributed by atoms with van der Waals surface area (Å²) in [5.74, 6) is -2.37. The fourth-order valence-corrected chi connectivity index (χ4v) is 12.4. The van der Waals surface area contributed by atoms with E-state index in [1.165, 1.54) is 12.5 Å². The first-order valence-corrected chi connectivity index (χ1v) is 28.1. The Morgan fingerprint density at radius 3 is 2.27 bits per heavy atom. The third kappa shape index (κ3) is 15.6. The predicted octanol–water partition coefficient (Wildman–Crippen LogP) is 5.88. The molecule has 3 N–H and O–H groups in total. The Kier molecular flexibility index (Phi) is 22.1. The molecule has 5 heterocycles. The SMILES string of the molecule is CO[C@H](c1ccc(CN2CCOCC2)cc1)[C@@H](CF)n1cc(CCN(C)[C@@H]2C[C@H](O[C@@H]3[C@@H](C)[C@H](O[C@H]4C[C@@](C)(OC)C[C@H](C)O4)[C@@H](C)C(=O)O[C@H](I)[C@@](C)(O)[C@H](O)[C@@H](C)N(C)C[C@H](C)C[C@@]3(C)O)O[C@H](C)C2)nn1. The Morgan fingerprint density at radius 1 is 0.946 bits per heavy atom. The number of cyclic esters (lactones) is 1. The molecular weight excluding hydrogens is 1070 g/mol. The first-order chi connectivity index (χ1) is 34.9. The van der Waals surface area contributed by atoms with Crippen molar-refractivity contribution >= 4 is 28.6 Å². The molecule has 74 heavy (non-hydrogen) atoms. The maximum absolute atomic E-state index is 14.9. The molecule has 0 unspecified atom stereocenters. The first kappa shape index (κ1) is 61.2. The molecule has 18 atom stereocenters. The minimum Gasteiger partial charge on any atom is -0.448 e. The Labute approximate surface area is 453 Å². The minimum atomic E-state index is -1.81. The summed E-state index contributed by atoms with van der Waals surface area (Å²) in [6, 6.07) is 6.93. The summed E-state index contributed by atoms with van der Waals surface area (Å²) in [7, 11) is 7.18. The van der Waals surface area contributed by atoms with Gasteiger partial charge >= 0.3 is 5.97 Å². The second-order valence-corrected chi connectivity index (χ2v) is 24.1. The van der Waals surface area contributed by atoms with Crippen LogP contribution >= 0.6 is 22.6 Å². The molecule has 20 heteroatoms. The summed E-state index contributed by atoms with van der Waals surface area (Å²) in [6.45, 7) is 21.2. The molecular formula is C54H90FIN6O12. The summed E-state index contributed by atoms with van der Waals surface area (Å²) in [4.78, 5) is 20.9. The first-order valence-electron chi connectivity index (χ1n) is 26.8. The van der Waals surface area contributed by atoms with Crippen LogP contribution in [0.15, 0.2) is 30.5 Å². The molecule has 4 saturated heterocycles. The molecule has 0 aliphatic carbocycles. The van der Waals surface area contributed by atoms with Crippen molar-refractivity contribution in [1.82, 2.24) is 29.7 Å². The van der Waals surface area contributed by atoms with Crippen LogP contribution in [0.25, 0.3) is 0 Å². The second kappa shape index (κ2) is 26.7. The molecule has 18 nitrogen and oxygen atoms in total. The van der Waals surface area contributed by atoms with Gasteiger partial charge in [0.15, 0.2) is 16.7 Å². The Bertz CT molecular complexity index is 2040. The number of aromatic nitrogens is 3. The van der Waals surface area contributed by atoms with Crippen LogP contribution in [-0.2, 0) is 55.7 Å². The quantitative estimate of drug-likeness (QED) is 0.103. The zero-order valence-electron chi connectivity index (χ0n) is 46.4. The number of hydrogen-bond donors (Lipinski definition) is 3. The Morgan fingerprint density at radius 2 is 1.62 bits per heavy atom. The lowest BCUT2D eigenvalue weighted by molar-refractivity contribution is -0.291. The maximum atomic E-state index is 14.9. The standard InChI is InChI=1S/C54H90FIN6O12/c1-33-26-53(8,65)49(36(4)46(72-45-28-52(7,68-13)27-35(3)71-45)37(5)50(64)74-51(56)54(9,66)48(63)38(6)60(11)30-33)73-44-25-42(24-34(2)70-44)59(10)19-18-41-32-62(58-57-41)43(29-55)47(67-12)40-16-14-39(15-17-40)31-61-20-22-69-23-21-61/h14-17,32-38,42-49,51,63,65-66H,18-31H2,1-13H3/t33-,34-,35+,36+,37-,38-,42+,43-,44+,45+,46+,47-,48-,49-,51+,52+,53-,54+/m1/s1. The lowest BCUT2D eigenvalue weighted by Gasteiger charge is -2.47. The van der Waals surface area contributed by atoms with Gasteiger partial charge in [-0.1, -0.05) is 43.3 Å². The number of likely N-dealkylation sites (N-methyl/N-ethyl adjacent to an activating group) is 2. The Balaban J connectivity index is 1.20. The summed E-state index contributed by atoms with van der Waals surface area (Å²) in [6.07, 6.45) is -0.748. The molecule has 1 aromatic heterocycles. The number of nitrogens with zero attached hydrogens (tertiary/aromatic N) is 6. The van der Waals surface area contributed by atoms with E-state index in [1.54, 1.807) is 32.7 Å². The summed E-state index contributed by atoms with van der Waals surface area (Å²) in [5, 5.41) is 45.0. The van der Waals surface area contributed by atoms with Gasteiger partial charge in [-0.3, -0.25) is 9.69 Å². The van der Waals surface area contributed by atoms with Gasteiger partial charge in [-0.25, -0.2) is 9.07 Å². The molecule has 0 saturated carbocycles.